The smallest absolute Gasteiger partial charge is 0.181 e. The number of aryl methyl sites for hydroxylation is 3. The van der Waals surface area contributed by atoms with Crippen LogP contribution in [0.3, 0.4) is 0 Å². The van der Waals surface area contributed by atoms with Gasteiger partial charge in [-0.05, 0) is 50.1 Å². The minimum Gasteiger partial charge on any atom is -0.443 e. The van der Waals surface area contributed by atoms with Crippen molar-refractivity contribution in [3.63, 3.8) is 0 Å². The van der Waals surface area contributed by atoms with E-state index in [0.717, 1.165) is 28.2 Å². The van der Waals surface area contributed by atoms with Gasteiger partial charge in [-0.1, -0.05) is 17.7 Å². The zero-order valence-electron chi connectivity index (χ0n) is 13.2. The standard InChI is InChI=1S/C18H16N4O/c1-11-6-12(2)17(13(3)7-11)22-9-20-21-18(22)14-4-5-16-15(8-14)19-10-23-16/h4-10H,1-3H3. The van der Waals surface area contributed by atoms with E-state index in [9.17, 15) is 0 Å². The van der Waals surface area contributed by atoms with Gasteiger partial charge in [0.1, 0.15) is 11.8 Å². The number of hydrogen-bond acceptors (Lipinski definition) is 4. The largest absolute Gasteiger partial charge is 0.443 e. The molecule has 5 nitrogen and oxygen atoms in total. The molecule has 0 bridgehead atoms. The Kier molecular flexibility index (Phi) is 3.01. The van der Waals surface area contributed by atoms with Crippen molar-refractivity contribution >= 4 is 11.1 Å². The molecule has 0 aliphatic rings. The minimum absolute atomic E-state index is 0.766. The second-order valence-electron chi connectivity index (χ2n) is 5.81. The number of oxazole rings is 1. The van der Waals surface area contributed by atoms with Crippen molar-refractivity contribution in [1.82, 2.24) is 19.7 Å². The van der Waals surface area contributed by atoms with Gasteiger partial charge in [-0.2, -0.15) is 0 Å². The van der Waals surface area contributed by atoms with Crippen molar-refractivity contribution in [3.8, 4) is 17.1 Å². The van der Waals surface area contributed by atoms with E-state index in [0.29, 0.717) is 0 Å². The molecule has 2 aromatic heterocycles. The molecule has 0 N–H and O–H groups in total. The number of aromatic nitrogens is 4. The molecule has 4 aromatic rings. The highest BCUT2D eigenvalue weighted by Crippen LogP contribution is 2.27. The lowest BCUT2D eigenvalue weighted by Gasteiger charge is -2.14. The molecule has 0 saturated heterocycles. The Morgan fingerprint density at radius 3 is 2.57 bits per heavy atom. The summed E-state index contributed by atoms with van der Waals surface area (Å²) in [5, 5.41) is 8.43. The van der Waals surface area contributed by atoms with Gasteiger partial charge in [0.2, 0.25) is 0 Å². The van der Waals surface area contributed by atoms with E-state index in [1.807, 2.05) is 22.8 Å². The Bertz CT molecular complexity index is 990. The third-order valence-corrected chi connectivity index (χ3v) is 4.01. The molecule has 0 spiro atoms. The maximum absolute atomic E-state index is 5.30. The van der Waals surface area contributed by atoms with E-state index in [1.165, 1.54) is 23.1 Å². The maximum atomic E-state index is 5.30. The second kappa shape index (κ2) is 5.05. The van der Waals surface area contributed by atoms with Crippen LogP contribution in [0.5, 0.6) is 0 Å². The molecule has 5 heteroatoms. The lowest BCUT2D eigenvalue weighted by atomic mass is 10.0. The van der Waals surface area contributed by atoms with Crippen molar-refractivity contribution in [2.75, 3.05) is 0 Å². The van der Waals surface area contributed by atoms with Crippen molar-refractivity contribution in [3.05, 3.63) is 59.7 Å². The first kappa shape index (κ1) is 13.7. The average molecular weight is 304 g/mol. The Morgan fingerprint density at radius 2 is 1.78 bits per heavy atom. The van der Waals surface area contributed by atoms with Crippen LogP contribution < -0.4 is 0 Å². The summed E-state index contributed by atoms with van der Waals surface area (Å²) in [7, 11) is 0. The zero-order chi connectivity index (χ0) is 16.0. The van der Waals surface area contributed by atoms with Gasteiger partial charge in [-0.3, -0.25) is 4.57 Å². The number of hydrogen-bond donors (Lipinski definition) is 0. The van der Waals surface area contributed by atoms with Gasteiger partial charge < -0.3 is 4.42 Å². The van der Waals surface area contributed by atoms with E-state index in [-0.39, 0.29) is 0 Å². The molecule has 0 aliphatic heterocycles. The van der Waals surface area contributed by atoms with Gasteiger partial charge >= 0.3 is 0 Å². The lowest BCUT2D eigenvalue weighted by molar-refractivity contribution is 0.602. The fourth-order valence-corrected chi connectivity index (χ4v) is 3.14. The SMILES string of the molecule is Cc1cc(C)c(-n2cnnc2-c2ccc3ocnc3c2)c(C)c1. The van der Waals surface area contributed by atoms with Crippen LogP contribution in [0.4, 0.5) is 0 Å². The predicted octanol–water partition coefficient (Wildman–Crippen LogP) is 4.00. The molecule has 0 unspecified atom stereocenters. The Hall–Kier alpha value is -2.95. The molecule has 0 saturated carbocycles. The van der Waals surface area contributed by atoms with Crippen molar-refractivity contribution in [1.29, 1.82) is 0 Å². The molecule has 4 rings (SSSR count). The predicted molar refractivity (Wildman–Crippen MR) is 88.6 cm³/mol. The van der Waals surface area contributed by atoms with Crippen LogP contribution in [0.1, 0.15) is 16.7 Å². The minimum atomic E-state index is 0.766. The first-order valence-electron chi connectivity index (χ1n) is 7.45. The summed E-state index contributed by atoms with van der Waals surface area (Å²) in [6.45, 7) is 6.33. The fourth-order valence-electron chi connectivity index (χ4n) is 3.14. The first-order chi connectivity index (χ1) is 11.1. The van der Waals surface area contributed by atoms with E-state index in [4.69, 9.17) is 4.42 Å². The average Bonchev–Trinajstić information content (AvgIpc) is 3.13. The normalized spacial score (nSPS) is 11.3. The van der Waals surface area contributed by atoms with Crippen LogP contribution in [-0.4, -0.2) is 19.7 Å². The van der Waals surface area contributed by atoms with Crippen molar-refractivity contribution < 1.29 is 4.42 Å². The van der Waals surface area contributed by atoms with E-state index >= 15 is 0 Å². The van der Waals surface area contributed by atoms with Gasteiger partial charge in [0, 0.05) is 5.56 Å². The van der Waals surface area contributed by atoms with Gasteiger partial charge in [0.15, 0.2) is 17.8 Å². The van der Waals surface area contributed by atoms with Gasteiger partial charge in [-0.15, -0.1) is 10.2 Å². The van der Waals surface area contributed by atoms with Gasteiger partial charge in [0.05, 0.1) is 5.69 Å². The molecule has 0 amide bonds. The number of nitrogens with zero attached hydrogens (tertiary/aromatic N) is 4. The van der Waals surface area contributed by atoms with Crippen LogP contribution in [-0.2, 0) is 0 Å². The van der Waals surface area contributed by atoms with Crippen LogP contribution in [0.25, 0.3) is 28.2 Å². The third-order valence-electron chi connectivity index (χ3n) is 4.01. The third kappa shape index (κ3) is 2.21. The summed E-state index contributed by atoms with van der Waals surface area (Å²) in [6, 6.07) is 10.2. The monoisotopic (exact) mass is 304 g/mol. The number of fused-ring (bicyclic) bond motifs is 1. The first-order valence-corrected chi connectivity index (χ1v) is 7.45. The fraction of sp³-hybridized carbons (Fsp3) is 0.167. The van der Waals surface area contributed by atoms with Crippen LogP contribution in [0.2, 0.25) is 0 Å². The molecule has 114 valence electrons. The van der Waals surface area contributed by atoms with Gasteiger partial charge in [-0.25, -0.2) is 4.98 Å². The summed E-state index contributed by atoms with van der Waals surface area (Å²) in [6.07, 6.45) is 3.21. The molecule has 0 radical (unpaired) electrons. The summed E-state index contributed by atoms with van der Waals surface area (Å²) in [5.41, 5.74) is 7.32. The number of benzene rings is 2. The molecular weight excluding hydrogens is 288 g/mol. The Morgan fingerprint density at radius 1 is 1.00 bits per heavy atom. The zero-order valence-corrected chi connectivity index (χ0v) is 13.2. The Labute approximate surface area is 133 Å². The highest BCUT2D eigenvalue weighted by molar-refractivity contribution is 5.78. The summed E-state index contributed by atoms with van der Waals surface area (Å²) in [5.74, 6) is 0.796. The van der Waals surface area contributed by atoms with E-state index in [1.54, 1.807) is 6.33 Å². The highest BCUT2D eigenvalue weighted by atomic mass is 16.3. The Balaban J connectivity index is 1.92. The van der Waals surface area contributed by atoms with Gasteiger partial charge in [0.25, 0.3) is 0 Å². The lowest BCUT2D eigenvalue weighted by Crippen LogP contribution is -2.02. The highest BCUT2D eigenvalue weighted by Gasteiger charge is 2.14. The molecule has 0 atom stereocenters. The second-order valence-corrected chi connectivity index (χ2v) is 5.81. The topological polar surface area (TPSA) is 56.7 Å². The van der Waals surface area contributed by atoms with E-state index < -0.39 is 0 Å². The molecule has 23 heavy (non-hydrogen) atoms. The molecule has 2 aromatic carbocycles. The molecule has 0 fully saturated rings. The number of rotatable bonds is 2. The maximum Gasteiger partial charge on any atom is 0.181 e. The van der Waals surface area contributed by atoms with Crippen molar-refractivity contribution in [2.45, 2.75) is 20.8 Å². The van der Waals surface area contributed by atoms with E-state index in [2.05, 4.69) is 48.1 Å². The molecule has 2 heterocycles. The summed E-state index contributed by atoms with van der Waals surface area (Å²) in [4.78, 5) is 4.21. The molecular formula is C18H16N4O. The summed E-state index contributed by atoms with van der Waals surface area (Å²) < 4.78 is 7.34. The quantitative estimate of drug-likeness (QED) is 0.561. The molecule has 0 aliphatic carbocycles. The van der Waals surface area contributed by atoms with Crippen LogP contribution in [0.15, 0.2) is 47.5 Å². The van der Waals surface area contributed by atoms with Crippen LogP contribution in [0, 0.1) is 20.8 Å². The summed E-state index contributed by atoms with van der Waals surface area (Å²) >= 11 is 0. The van der Waals surface area contributed by atoms with Crippen LogP contribution >= 0.6 is 0 Å². The van der Waals surface area contributed by atoms with Crippen molar-refractivity contribution in [2.24, 2.45) is 0 Å².